The Hall–Kier alpha value is -1.53. The van der Waals surface area contributed by atoms with Crippen LogP contribution in [0.25, 0.3) is 0 Å². The van der Waals surface area contributed by atoms with Gasteiger partial charge in [0.15, 0.2) is 0 Å². The van der Waals surface area contributed by atoms with Gasteiger partial charge < -0.3 is 5.73 Å². The van der Waals surface area contributed by atoms with Crippen LogP contribution in [0.5, 0.6) is 0 Å². The summed E-state index contributed by atoms with van der Waals surface area (Å²) in [7, 11) is -3.59. The van der Waals surface area contributed by atoms with Gasteiger partial charge in [-0.1, -0.05) is 18.2 Å². The van der Waals surface area contributed by atoms with Crippen LogP contribution in [0.4, 0.5) is 11.4 Å². The molecule has 0 fully saturated rings. The lowest BCUT2D eigenvalue weighted by molar-refractivity contribution is 0.601. The molecule has 0 radical (unpaired) electrons. The molecule has 0 heterocycles. The molecule has 0 saturated carbocycles. The van der Waals surface area contributed by atoms with Gasteiger partial charge in [-0.25, -0.2) is 8.42 Å². The summed E-state index contributed by atoms with van der Waals surface area (Å²) in [6.45, 7) is 0. The average Bonchev–Trinajstić information content (AvgIpc) is 2.33. The number of halogens is 1. The summed E-state index contributed by atoms with van der Waals surface area (Å²) >= 11 is 3.21. The summed E-state index contributed by atoms with van der Waals surface area (Å²) in [5.41, 5.74) is 6.64. The number of anilines is 2. The molecule has 0 saturated heterocycles. The lowest BCUT2D eigenvalue weighted by Gasteiger charge is -2.08. The highest BCUT2D eigenvalue weighted by Gasteiger charge is 2.14. The summed E-state index contributed by atoms with van der Waals surface area (Å²) in [6.07, 6.45) is 0. The fourth-order valence-corrected chi connectivity index (χ4v) is 3.01. The van der Waals surface area contributed by atoms with Crippen LogP contribution in [-0.2, 0) is 10.0 Å². The van der Waals surface area contributed by atoms with Crippen molar-refractivity contribution in [2.45, 2.75) is 4.90 Å². The molecule has 4 nitrogen and oxygen atoms in total. The smallest absolute Gasteiger partial charge is 0.261 e. The maximum atomic E-state index is 12.1. The Labute approximate surface area is 114 Å². The number of sulfonamides is 1. The Bertz CT molecular complexity index is 657. The second-order valence-electron chi connectivity index (χ2n) is 3.65. The van der Waals surface area contributed by atoms with Crippen LogP contribution in [0.1, 0.15) is 0 Å². The van der Waals surface area contributed by atoms with Gasteiger partial charge in [0.2, 0.25) is 0 Å². The largest absolute Gasteiger partial charge is 0.398 e. The molecule has 0 aliphatic carbocycles. The summed E-state index contributed by atoms with van der Waals surface area (Å²) < 4.78 is 27.2. The quantitative estimate of drug-likeness (QED) is 0.852. The lowest BCUT2D eigenvalue weighted by Crippen LogP contribution is -2.13. The SMILES string of the molecule is Nc1ccc(S(=O)(=O)Nc2ccccc2)cc1Br. The van der Waals surface area contributed by atoms with Crippen molar-refractivity contribution in [3.05, 3.63) is 53.0 Å². The molecule has 0 aromatic heterocycles. The number of hydrogen-bond donors (Lipinski definition) is 2. The van der Waals surface area contributed by atoms with Crippen molar-refractivity contribution >= 4 is 37.3 Å². The highest BCUT2D eigenvalue weighted by atomic mass is 79.9. The first-order valence-electron chi connectivity index (χ1n) is 5.12. The monoisotopic (exact) mass is 326 g/mol. The van der Waals surface area contributed by atoms with Crippen LogP contribution < -0.4 is 10.5 Å². The molecule has 2 rings (SSSR count). The first-order valence-corrected chi connectivity index (χ1v) is 7.39. The van der Waals surface area contributed by atoms with Crippen molar-refractivity contribution in [1.29, 1.82) is 0 Å². The van der Waals surface area contributed by atoms with Gasteiger partial charge in [0.1, 0.15) is 0 Å². The summed E-state index contributed by atoms with van der Waals surface area (Å²) in [6, 6.07) is 13.2. The highest BCUT2D eigenvalue weighted by Crippen LogP contribution is 2.24. The third-order valence-corrected chi connectivity index (χ3v) is 4.37. The van der Waals surface area contributed by atoms with Crippen LogP contribution in [0.3, 0.4) is 0 Å². The van der Waals surface area contributed by atoms with Gasteiger partial charge >= 0.3 is 0 Å². The zero-order valence-electron chi connectivity index (χ0n) is 9.30. The van der Waals surface area contributed by atoms with Crippen LogP contribution in [0.15, 0.2) is 57.9 Å². The van der Waals surface area contributed by atoms with E-state index in [9.17, 15) is 8.42 Å². The molecular formula is C12H11BrN2O2S. The molecule has 3 N–H and O–H groups in total. The molecule has 6 heteroatoms. The Morgan fingerprint density at radius 3 is 2.33 bits per heavy atom. The zero-order valence-corrected chi connectivity index (χ0v) is 11.7. The van der Waals surface area contributed by atoms with E-state index < -0.39 is 10.0 Å². The summed E-state index contributed by atoms with van der Waals surface area (Å²) in [5, 5.41) is 0. The first kappa shape index (κ1) is 12.9. The lowest BCUT2D eigenvalue weighted by atomic mass is 10.3. The number of hydrogen-bond acceptors (Lipinski definition) is 3. The van der Waals surface area contributed by atoms with E-state index in [4.69, 9.17) is 5.73 Å². The van der Waals surface area contributed by atoms with Gasteiger partial charge in [-0.05, 0) is 46.3 Å². The second kappa shape index (κ2) is 4.99. The molecule has 0 unspecified atom stereocenters. The molecule has 0 aliphatic rings. The van der Waals surface area contributed by atoms with Gasteiger partial charge in [0.05, 0.1) is 4.90 Å². The Morgan fingerprint density at radius 2 is 1.72 bits per heavy atom. The highest BCUT2D eigenvalue weighted by molar-refractivity contribution is 9.10. The van der Waals surface area contributed by atoms with Crippen molar-refractivity contribution in [2.24, 2.45) is 0 Å². The summed E-state index contributed by atoms with van der Waals surface area (Å²) in [5.74, 6) is 0. The van der Waals surface area contributed by atoms with Crippen molar-refractivity contribution in [1.82, 2.24) is 0 Å². The van der Waals surface area contributed by atoms with Gasteiger partial charge in [-0.15, -0.1) is 0 Å². The Kier molecular flexibility index (Phi) is 3.58. The van der Waals surface area contributed by atoms with E-state index in [0.29, 0.717) is 15.8 Å². The van der Waals surface area contributed by atoms with Crippen LogP contribution in [-0.4, -0.2) is 8.42 Å². The van der Waals surface area contributed by atoms with Crippen molar-refractivity contribution in [2.75, 3.05) is 10.5 Å². The maximum absolute atomic E-state index is 12.1. The number of benzene rings is 2. The minimum atomic E-state index is -3.59. The third kappa shape index (κ3) is 2.83. The molecule has 18 heavy (non-hydrogen) atoms. The second-order valence-corrected chi connectivity index (χ2v) is 6.19. The fraction of sp³-hybridized carbons (Fsp3) is 0. The van der Waals surface area contributed by atoms with E-state index in [-0.39, 0.29) is 4.90 Å². The molecule has 0 amide bonds. The summed E-state index contributed by atoms with van der Waals surface area (Å²) in [4.78, 5) is 0.160. The average molecular weight is 327 g/mol. The predicted molar refractivity (Wildman–Crippen MR) is 75.8 cm³/mol. The molecule has 2 aromatic rings. The van der Waals surface area contributed by atoms with E-state index in [1.807, 2.05) is 6.07 Å². The van der Waals surface area contributed by atoms with E-state index in [0.717, 1.165) is 0 Å². The minimum absolute atomic E-state index is 0.160. The van der Waals surface area contributed by atoms with Gasteiger partial charge in [-0.3, -0.25) is 4.72 Å². The van der Waals surface area contributed by atoms with Gasteiger partial charge in [0.25, 0.3) is 10.0 Å². The number of para-hydroxylation sites is 1. The first-order chi connectivity index (χ1) is 8.49. The molecule has 0 spiro atoms. The fourth-order valence-electron chi connectivity index (χ4n) is 1.40. The normalized spacial score (nSPS) is 11.2. The maximum Gasteiger partial charge on any atom is 0.261 e. The van der Waals surface area contributed by atoms with E-state index in [1.165, 1.54) is 12.1 Å². The van der Waals surface area contributed by atoms with Crippen molar-refractivity contribution < 1.29 is 8.42 Å². The molecular weight excluding hydrogens is 316 g/mol. The molecule has 0 atom stereocenters. The number of nitrogens with one attached hydrogen (secondary N) is 1. The number of nitrogens with two attached hydrogens (primary N) is 1. The van der Waals surface area contributed by atoms with Crippen LogP contribution in [0, 0.1) is 0 Å². The Morgan fingerprint density at radius 1 is 1.06 bits per heavy atom. The zero-order chi connectivity index (χ0) is 13.2. The number of nitrogen functional groups attached to an aromatic ring is 1. The van der Waals surface area contributed by atoms with Crippen LogP contribution in [0.2, 0.25) is 0 Å². The van der Waals surface area contributed by atoms with E-state index in [1.54, 1.807) is 30.3 Å². The van der Waals surface area contributed by atoms with E-state index >= 15 is 0 Å². The molecule has 2 aromatic carbocycles. The molecule has 94 valence electrons. The molecule has 0 bridgehead atoms. The van der Waals surface area contributed by atoms with Crippen molar-refractivity contribution in [3.63, 3.8) is 0 Å². The van der Waals surface area contributed by atoms with Crippen molar-refractivity contribution in [3.8, 4) is 0 Å². The van der Waals surface area contributed by atoms with Gasteiger partial charge in [-0.2, -0.15) is 0 Å². The number of rotatable bonds is 3. The minimum Gasteiger partial charge on any atom is -0.398 e. The third-order valence-electron chi connectivity index (χ3n) is 2.31. The Balaban J connectivity index is 2.34. The predicted octanol–water partition coefficient (Wildman–Crippen LogP) is 2.83. The molecule has 0 aliphatic heterocycles. The van der Waals surface area contributed by atoms with Crippen LogP contribution >= 0.6 is 15.9 Å². The van der Waals surface area contributed by atoms with E-state index in [2.05, 4.69) is 20.7 Å². The topological polar surface area (TPSA) is 72.2 Å². The van der Waals surface area contributed by atoms with Gasteiger partial charge in [0, 0.05) is 15.8 Å². The standard InChI is InChI=1S/C12H11BrN2O2S/c13-11-8-10(6-7-12(11)14)18(16,17)15-9-4-2-1-3-5-9/h1-8,15H,14H2.